The van der Waals surface area contributed by atoms with E-state index in [4.69, 9.17) is 4.99 Å². The summed E-state index contributed by atoms with van der Waals surface area (Å²) in [5.41, 5.74) is 2.25. The van der Waals surface area contributed by atoms with Gasteiger partial charge in [-0.05, 0) is 86.3 Å². The van der Waals surface area contributed by atoms with Crippen molar-refractivity contribution in [1.82, 2.24) is 4.90 Å². The molecule has 4 bridgehead atoms. The Morgan fingerprint density at radius 3 is 2.42 bits per heavy atom. The summed E-state index contributed by atoms with van der Waals surface area (Å²) in [5.74, 6) is 4.69. The molecule has 31 heavy (non-hydrogen) atoms. The van der Waals surface area contributed by atoms with Crippen LogP contribution in [0.2, 0.25) is 0 Å². The van der Waals surface area contributed by atoms with E-state index in [1.54, 1.807) is 0 Å². The number of benzene rings is 1. The molecule has 6 rings (SSSR count). The fraction of sp³-hybridized carbons (Fsp3) is 0.692. The maximum absolute atomic E-state index is 12.7. The number of amidine groups is 1. The van der Waals surface area contributed by atoms with E-state index >= 15 is 0 Å². The standard InChI is InChI=1S/C26H37N3OS/c1-3-4-5-17-6-8-22(9-7-17)27-24(30)15-23-16-31-26(29(23)2)28-25-20-11-18-10-19(13-20)14-21(25)12-18/h6-9,18-21,23,25H,3-5,10-16H2,1-2H3,(H,27,30). The quantitative estimate of drug-likeness (QED) is 0.603. The fourth-order valence-electron chi connectivity index (χ4n) is 6.66. The Kier molecular flexibility index (Phi) is 6.32. The number of anilines is 1. The Hall–Kier alpha value is -1.49. The number of carbonyl (C=O) groups is 1. The van der Waals surface area contributed by atoms with Crippen LogP contribution in [0, 0.1) is 23.7 Å². The number of unbranched alkanes of at least 4 members (excludes halogenated alkanes) is 1. The fourth-order valence-corrected chi connectivity index (χ4v) is 7.89. The van der Waals surface area contributed by atoms with Crippen LogP contribution in [0.25, 0.3) is 0 Å². The number of nitrogens with one attached hydrogen (secondary N) is 1. The summed E-state index contributed by atoms with van der Waals surface area (Å²) < 4.78 is 0. The molecule has 4 aliphatic carbocycles. The largest absolute Gasteiger partial charge is 0.350 e. The molecular formula is C26H37N3OS. The van der Waals surface area contributed by atoms with Gasteiger partial charge in [-0.25, -0.2) is 0 Å². The lowest BCUT2D eigenvalue weighted by atomic mass is 9.54. The summed E-state index contributed by atoms with van der Waals surface area (Å²) in [7, 11) is 2.13. The Morgan fingerprint density at radius 2 is 1.77 bits per heavy atom. The van der Waals surface area contributed by atoms with Gasteiger partial charge >= 0.3 is 0 Å². The van der Waals surface area contributed by atoms with Crippen molar-refractivity contribution < 1.29 is 4.79 Å². The van der Waals surface area contributed by atoms with Gasteiger partial charge < -0.3 is 10.2 Å². The lowest BCUT2D eigenvalue weighted by molar-refractivity contribution is -0.116. The number of hydrogen-bond acceptors (Lipinski definition) is 3. The van der Waals surface area contributed by atoms with Crippen LogP contribution in [0.1, 0.15) is 63.9 Å². The van der Waals surface area contributed by atoms with Crippen LogP contribution in [-0.2, 0) is 11.2 Å². The van der Waals surface area contributed by atoms with E-state index in [1.807, 2.05) is 23.9 Å². The predicted octanol–water partition coefficient (Wildman–Crippen LogP) is 5.59. The van der Waals surface area contributed by atoms with Crippen molar-refractivity contribution in [3.8, 4) is 0 Å². The molecule has 1 atom stereocenters. The highest BCUT2D eigenvalue weighted by Gasteiger charge is 2.48. The zero-order valence-electron chi connectivity index (χ0n) is 19.1. The van der Waals surface area contributed by atoms with Crippen molar-refractivity contribution in [3.63, 3.8) is 0 Å². The summed E-state index contributed by atoms with van der Waals surface area (Å²) in [6.07, 6.45) is 11.2. The Bertz CT molecular complexity index is 792. The average molecular weight is 440 g/mol. The van der Waals surface area contributed by atoms with Crippen LogP contribution >= 0.6 is 11.8 Å². The number of nitrogens with zero attached hydrogens (tertiary/aromatic N) is 2. The molecule has 1 saturated heterocycles. The highest BCUT2D eigenvalue weighted by atomic mass is 32.2. The molecule has 0 aromatic heterocycles. The van der Waals surface area contributed by atoms with E-state index in [1.165, 1.54) is 55.7 Å². The summed E-state index contributed by atoms with van der Waals surface area (Å²) in [4.78, 5) is 20.3. The first-order valence-corrected chi connectivity index (χ1v) is 13.4. The number of rotatable bonds is 7. The minimum atomic E-state index is 0.106. The maximum atomic E-state index is 12.7. The second-order valence-corrected chi connectivity index (χ2v) is 11.4. The number of amides is 1. The zero-order valence-corrected chi connectivity index (χ0v) is 19.9. The van der Waals surface area contributed by atoms with Crippen LogP contribution in [-0.4, -0.2) is 40.9 Å². The molecular weight excluding hydrogens is 402 g/mol. The van der Waals surface area contributed by atoms with Gasteiger partial charge in [-0.1, -0.05) is 37.2 Å². The molecule has 1 aliphatic heterocycles. The number of hydrogen-bond donors (Lipinski definition) is 1. The molecule has 1 N–H and O–H groups in total. The maximum Gasteiger partial charge on any atom is 0.226 e. The minimum absolute atomic E-state index is 0.106. The Balaban J connectivity index is 1.15. The summed E-state index contributed by atoms with van der Waals surface area (Å²) in [5, 5.41) is 4.27. The van der Waals surface area contributed by atoms with E-state index in [-0.39, 0.29) is 11.9 Å². The van der Waals surface area contributed by atoms with Gasteiger partial charge in [0.05, 0.1) is 6.04 Å². The zero-order chi connectivity index (χ0) is 21.4. The molecule has 5 fully saturated rings. The van der Waals surface area contributed by atoms with Crippen molar-refractivity contribution in [2.24, 2.45) is 28.7 Å². The van der Waals surface area contributed by atoms with E-state index in [2.05, 4.69) is 36.3 Å². The molecule has 1 aromatic carbocycles. The van der Waals surface area contributed by atoms with Crippen molar-refractivity contribution in [1.29, 1.82) is 0 Å². The monoisotopic (exact) mass is 439 g/mol. The summed E-state index contributed by atoms with van der Waals surface area (Å²) >= 11 is 1.86. The molecule has 1 aromatic rings. The summed E-state index contributed by atoms with van der Waals surface area (Å²) in [6.45, 7) is 2.21. The van der Waals surface area contributed by atoms with Crippen LogP contribution in [0.3, 0.4) is 0 Å². The first kappa shape index (κ1) is 21.4. The normalized spacial score (nSPS) is 35.2. The molecule has 0 radical (unpaired) electrons. The smallest absolute Gasteiger partial charge is 0.226 e. The first-order valence-electron chi connectivity index (χ1n) is 12.4. The third-order valence-corrected chi connectivity index (χ3v) is 9.37. The van der Waals surface area contributed by atoms with Crippen molar-refractivity contribution in [2.75, 3.05) is 18.1 Å². The van der Waals surface area contributed by atoms with Crippen LogP contribution in [0.5, 0.6) is 0 Å². The third kappa shape index (κ3) is 4.67. The molecule has 1 amide bonds. The molecule has 1 heterocycles. The number of aryl methyl sites for hydroxylation is 1. The van der Waals surface area contributed by atoms with Crippen molar-refractivity contribution in [3.05, 3.63) is 29.8 Å². The van der Waals surface area contributed by atoms with Crippen molar-refractivity contribution in [2.45, 2.75) is 76.8 Å². The van der Waals surface area contributed by atoms with E-state index in [9.17, 15) is 4.79 Å². The van der Waals surface area contributed by atoms with Crippen molar-refractivity contribution >= 4 is 28.5 Å². The number of thioether (sulfide) groups is 1. The van der Waals surface area contributed by atoms with Gasteiger partial charge in [0.25, 0.3) is 0 Å². The average Bonchev–Trinajstić information content (AvgIpc) is 3.08. The molecule has 4 nitrogen and oxygen atoms in total. The molecule has 168 valence electrons. The Morgan fingerprint density at radius 1 is 1.10 bits per heavy atom. The van der Waals surface area contributed by atoms with Crippen LogP contribution in [0.4, 0.5) is 5.69 Å². The predicted molar refractivity (Wildman–Crippen MR) is 131 cm³/mol. The molecule has 4 saturated carbocycles. The number of aliphatic imine (C=N–C) groups is 1. The van der Waals surface area contributed by atoms with E-state index in [0.717, 1.165) is 41.5 Å². The highest BCUT2D eigenvalue weighted by molar-refractivity contribution is 8.14. The minimum Gasteiger partial charge on any atom is -0.350 e. The van der Waals surface area contributed by atoms with Crippen LogP contribution in [0.15, 0.2) is 29.3 Å². The summed E-state index contributed by atoms with van der Waals surface area (Å²) in [6, 6.07) is 9.13. The highest BCUT2D eigenvalue weighted by Crippen LogP contribution is 2.55. The third-order valence-electron chi connectivity index (χ3n) is 8.17. The van der Waals surface area contributed by atoms with Gasteiger partial charge in [-0.3, -0.25) is 9.79 Å². The van der Waals surface area contributed by atoms with Gasteiger partial charge in [0.1, 0.15) is 0 Å². The lowest BCUT2D eigenvalue weighted by Crippen LogP contribution is -2.48. The number of carbonyl (C=O) groups excluding carboxylic acids is 1. The molecule has 0 spiro atoms. The molecule has 1 unspecified atom stereocenters. The van der Waals surface area contributed by atoms with Gasteiger partial charge in [0.2, 0.25) is 5.91 Å². The lowest BCUT2D eigenvalue weighted by Gasteiger charge is -2.53. The topological polar surface area (TPSA) is 44.7 Å². The second-order valence-electron chi connectivity index (χ2n) is 10.5. The van der Waals surface area contributed by atoms with Gasteiger partial charge in [0, 0.05) is 31.0 Å². The second kappa shape index (κ2) is 9.17. The molecule has 5 heteroatoms. The van der Waals surface area contributed by atoms with Gasteiger partial charge in [-0.2, -0.15) is 0 Å². The SMILES string of the molecule is CCCCc1ccc(NC(=O)CC2CSC(=NC3C4CC5CC(C4)CC3C5)N2C)cc1. The van der Waals surface area contributed by atoms with E-state index < -0.39 is 0 Å². The first-order chi connectivity index (χ1) is 15.1. The van der Waals surface area contributed by atoms with E-state index in [0.29, 0.717) is 12.5 Å². The molecule has 5 aliphatic rings. The van der Waals surface area contributed by atoms with Gasteiger partial charge in [-0.15, -0.1) is 0 Å². The van der Waals surface area contributed by atoms with Gasteiger partial charge in [0.15, 0.2) is 5.17 Å². The Labute approximate surface area is 191 Å². The van der Waals surface area contributed by atoms with Crippen LogP contribution < -0.4 is 5.32 Å².